The third kappa shape index (κ3) is 32.9. The summed E-state index contributed by atoms with van der Waals surface area (Å²) in [6.07, 6.45) is 3.38. The molecule has 0 fully saturated rings. The van der Waals surface area contributed by atoms with Crippen molar-refractivity contribution >= 4 is 17.3 Å². The number of oxime groups is 1. The number of aliphatic hydroxyl groups excluding tert-OH is 1. The van der Waals surface area contributed by atoms with Gasteiger partial charge in [-0.1, -0.05) is 133 Å². The van der Waals surface area contributed by atoms with Crippen molar-refractivity contribution in [1.29, 1.82) is 0 Å². The molecule has 0 aliphatic heterocycles. The molecule has 9 nitrogen and oxygen atoms in total. The third-order valence-corrected chi connectivity index (χ3v) is 6.74. The summed E-state index contributed by atoms with van der Waals surface area (Å²) in [5, 5.41) is 20.0. The van der Waals surface area contributed by atoms with E-state index in [1.54, 1.807) is 13.8 Å². The summed E-state index contributed by atoms with van der Waals surface area (Å²) in [5.74, 6) is 0.193. The number of benzene rings is 4. The number of allylic oxidation sites excluding steroid dienone is 1. The predicted octanol–water partition coefficient (Wildman–Crippen LogP) is 8.51. The second-order valence-corrected chi connectivity index (χ2v) is 11.9. The van der Waals surface area contributed by atoms with E-state index in [1.165, 1.54) is 18.6 Å². The highest BCUT2D eigenvalue weighted by molar-refractivity contribution is 5.86. The van der Waals surface area contributed by atoms with Gasteiger partial charge in [-0.25, -0.2) is 0 Å². The number of ketones is 2. The molecule has 4 aromatic carbocycles. The first-order valence-electron chi connectivity index (χ1n) is 17.7. The normalized spacial score (nSPS) is 10.6. The van der Waals surface area contributed by atoms with Gasteiger partial charge in [0.15, 0.2) is 5.78 Å². The summed E-state index contributed by atoms with van der Waals surface area (Å²) >= 11 is 0. The van der Waals surface area contributed by atoms with E-state index in [2.05, 4.69) is 23.9 Å². The fraction of sp³-hybridized carbons (Fsp3) is 0.341. The number of carbonyl (C=O) groups excluding carboxylic acids is 2. The van der Waals surface area contributed by atoms with Crippen molar-refractivity contribution in [2.24, 2.45) is 10.9 Å². The second-order valence-electron chi connectivity index (χ2n) is 11.9. The maximum atomic E-state index is 10.6. The summed E-state index contributed by atoms with van der Waals surface area (Å²) in [7, 11) is 0. The molecule has 0 saturated carbocycles. The van der Waals surface area contributed by atoms with Gasteiger partial charge in [-0.2, -0.15) is 0 Å². The summed E-state index contributed by atoms with van der Waals surface area (Å²) in [6, 6.07) is 39.8. The number of nitrogens with two attached hydrogens (primary N) is 1. The van der Waals surface area contributed by atoms with Crippen LogP contribution in [-0.4, -0.2) is 53.5 Å². The van der Waals surface area contributed by atoms with Crippen molar-refractivity contribution in [3.63, 3.8) is 0 Å². The first kappa shape index (κ1) is 48.2. The minimum atomic E-state index is 0.0185. The van der Waals surface area contributed by atoms with E-state index in [0.29, 0.717) is 51.6 Å². The van der Waals surface area contributed by atoms with Gasteiger partial charge in [0.2, 0.25) is 0 Å². The molecule has 53 heavy (non-hydrogen) atoms. The molecule has 0 amide bonds. The molecule has 4 N–H and O–H groups in total. The Kier molecular flexibility index (Phi) is 31.2. The minimum Gasteiger partial charge on any atom is -0.411 e. The van der Waals surface area contributed by atoms with Crippen LogP contribution in [0.3, 0.4) is 0 Å². The molecule has 0 saturated heterocycles. The number of carbonyl (C=O) groups is 2. The number of rotatable bonds is 17. The summed E-state index contributed by atoms with van der Waals surface area (Å²) < 4.78 is 16.2. The third-order valence-electron chi connectivity index (χ3n) is 6.74. The van der Waals surface area contributed by atoms with Gasteiger partial charge in [0.25, 0.3) is 0 Å². The zero-order valence-electron chi connectivity index (χ0n) is 31.9. The fourth-order valence-corrected chi connectivity index (χ4v) is 3.63. The lowest BCUT2D eigenvalue weighted by molar-refractivity contribution is -0.118. The van der Waals surface area contributed by atoms with Crippen LogP contribution < -0.4 is 5.73 Å². The van der Waals surface area contributed by atoms with Crippen molar-refractivity contribution in [3.05, 3.63) is 156 Å². The zero-order valence-corrected chi connectivity index (χ0v) is 31.9. The summed E-state index contributed by atoms with van der Waals surface area (Å²) in [6.45, 7) is 13.9. The Morgan fingerprint density at radius 3 is 1.28 bits per heavy atom. The highest BCUT2D eigenvalue weighted by Crippen LogP contribution is 2.03. The van der Waals surface area contributed by atoms with E-state index in [4.69, 9.17) is 30.3 Å². The number of nitrogens with zero attached hydrogens (tertiary/aromatic N) is 1. The maximum Gasteiger partial charge on any atom is 0.152 e. The van der Waals surface area contributed by atoms with Crippen LogP contribution in [0.2, 0.25) is 0 Å². The Labute approximate surface area is 317 Å². The maximum absolute atomic E-state index is 10.6. The first-order valence-corrected chi connectivity index (χ1v) is 17.7. The van der Waals surface area contributed by atoms with Crippen molar-refractivity contribution in [1.82, 2.24) is 0 Å². The molecular weight excluding hydrogens is 668 g/mol. The van der Waals surface area contributed by atoms with Gasteiger partial charge in [-0.3, -0.25) is 9.59 Å². The topological polar surface area (TPSA) is 141 Å². The highest BCUT2D eigenvalue weighted by atomic mass is 16.5. The van der Waals surface area contributed by atoms with Crippen molar-refractivity contribution < 1.29 is 34.1 Å². The van der Waals surface area contributed by atoms with E-state index >= 15 is 0 Å². The molecule has 0 aliphatic rings. The van der Waals surface area contributed by atoms with E-state index in [1.807, 2.05) is 116 Å². The van der Waals surface area contributed by atoms with Crippen LogP contribution in [0.15, 0.2) is 139 Å². The number of Topliss-reactive ketones (excluding diaryl/α,β-unsaturated/α-hetero) is 1. The monoisotopic (exact) mass is 728 g/mol. The van der Waals surface area contributed by atoms with Crippen LogP contribution in [0.1, 0.15) is 69.2 Å². The van der Waals surface area contributed by atoms with Crippen LogP contribution in [0.4, 0.5) is 0 Å². The quantitative estimate of drug-likeness (QED) is 0.0323. The average Bonchev–Trinajstić information content (AvgIpc) is 3.19. The van der Waals surface area contributed by atoms with Crippen LogP contribution in [0, 0.1) is 0 Å². The Morgan fingerprint density at radius 1 is 0.660 bits per heavy atom. The number of hydrogen-bond donors (Lipinski definition) is 3. The molecule has 0 radical (unpaired) electrons. The molecule has 0 spiro atoms. The predicted molar refractivity (Wildman–Crippen MR) is 215 cm³/mol. The summed E-state index contributed by atoms with van der Waals surface area (Å²) in [5.41, 5.74) is 10.8. The van der Waals surface area contributed by atoms with Crippen LogP contribution in [0.25, 0.3) is 0 Å². The molecule has 4 aromatic rings. The van der Waals surface area contributed by atoms with Gasteiger partial charge in [0, 0.05) is 25.5 Å². The average molecular weight is 729 g/mol. The molecule has 1 atom stereocenters. The van der Waals surface area contributed by atoms with E-state index in [0.717, 1.165) is 29.7 Å². The summed E-state index contributed by atoms with van der Waals surface area (Å²) in [4.78, 5) is 20.3. The van der Waals surface area contributed by atoms with Gasteiger partial charge in [-0.05, 0) is 62.4 Å². The van der Waals surface area contributed by atoms with Crippen LogP contribution in [-0.2, 0) is 50.2 Å². The van der Waals surface area contributed by atoms with Gasteiger partial charge >= 0.3 is 0 Å². The van der Waals surface area contributed by atoms with Gasteiger partial charge in [0.05, 0.1) is 45.4 Å². The smallest absolute Gasteiger partial charge is 0.152 e. The van der Waals surface area contributed by atoms with Crippen molar-refractivity contribution in [3.8, 4) is 0 Å². The van der Waals surface area contributed by atoms with Crippen LogP contribution >= 0.6 is 0 Å². The highest BCUT2D eigenvalue weighted by Gasteiger charge is 1.96. The molecule has 1 unspecified atom stereocenters. The van der Waals surface area contributed by atoms with Crippen molar-refractivity contribution in [2.45, 2.75) is 79.4 Å². The van der Waals surface area contributed by atoms with E-state index < -0.39 is 0 Å². The lowest BCUT2D eigenvalue weighted by Gasteiger charge is -2.06. The molecule has 0 aromatic heterocycles. The largest absolute Gasteiger partial charge is 0.411 e. The molecule has 0 aliphatic carbocycles. The standard InChI is InChI=1S/C11H15NO2.C11H17NO.C11H14O2.C7H8O.C4H6O/c1-10(12-13)7-8-14-9-11-5-3-2-4-6-11;2*1-10(12)7-8-13-9-11-5-3-2-4-6-11;8-6-7-4-2-1-3-5-7;1-3-4(2)5/h2-6,13H,7-9H2,1H3;2-6,10H,7-9,12H2,1H3;2-6H,7-9H2,1H3;1-5,8H,6H2;3H,1H2,2H3/b12-10+;;;;. The molecule has 0 heterocycles. The van der Waals surface area contributed by atoms with Crippen molar-refractivity contribution in [2.75, 3.05) is 19.8 Å². The molecule has 288 valence electrons. The zero-order chi connectivity index (χ0) is 39.4. The number of hydrogen-bond acceptors (Lipinski definition) is 9. The Hall–Kier alpha value is -4.77. The number of ether oxygens (including phenoxy) is 3. The SMILES string of the molecule is C/C(CCOCc1ccccc1)=N\O.C=CC(C)=O.CC(=O)CCOCc1ccccc1.CC(N)CCOCc1ccccc1.OCc1ccccc1. The lowest BCUT2D eigenvalue weighted by atomic mass is 10.2. The van der Waals surface area contributed by atoms with Gasteiger partial charge in [-0.15, -0.1) is 0 Å². The van der Waals surface area contributed by atoms with E-state index in [9.17, 15) is 9.59 Å². The Balaban J connectivity index is 0.000000660. The lowest BCUT2D eigenvalue weighted by Crippen LogP contribution is -2.17. The van der Waals surface area contributed by atoms with Gasteiger partial charge < -0.3 is 30.3 Å². The molecule has 0 bridgehead atoms. The second kappa shape index (κ2) is 34.3. The molecular formula is C44H60N2O7. The number of aliphatic hydroxyl groups is 1. The van der Waals surface area contributed by atoms with Gasteiger partial charge in [0.1, 0.15) is 5.78 Å². The molecule has 9 heteroatoms. The van der Waals surface area contributed by atoms with E-state index in [-0.39, 0.29) is 24.2 Å². The Morgan fingerprint density at radius 2 is 1.00 bits per heavy atom. The minimum absolute atomic E-state index is 0.0185. The van der Waals surface area contributed by atoms with Crippen LogP contribution in [0.5, 0.6) is 0 Å². The molecule has 4 rings (SSSR count). The Bertz CT molecular complexity index is 1470. The fourth-order valence-electron chi connectivity index (χ4n) is 3.63. The first-order chi connectivity index (χ1) is 25.6.